The molecule has 1 aliphatic heterocycles. The molecule has 7 nitrogen and oxygen atoms in total. The van der Waals surface area contributed by atoms with E-state index in [1.165, 1.54) is 22.0 Å². The van der Waals surface area contributed by atoms with Gasteiger partial charge in [0.1, 0.15) is 5.56 Å². The number of piperidine rings is 1. The van der Waals surface area contributed by atoms with Crippen LogP contribution in [-0.4, -0.2) is 33.6 Å². The van der Waals surface area contributed by atoms with Gasteiger partial charge in [0, 0.05) is 30.3 Å². The minimum Gasteiger partial charge on any atom is -0.348 e. The average molecular weight is 462 g/mol. The van der Waals surface area contributed by atoms with Crippen molar-refractivity contribution in [3.8, 4) is 0 Å². The molecule has 2 aromatic heterocycles. The SMILES string of the molecule is CC1CCN(c2nn3c(=O)c(C(=O)NCc4cccc(Br)c4)cnc3s2)CC1. The van der Waals surface area contributed by atoms with Crippen molar-refractivity contribution in [2.45, 2.75) is 26.3 Å². The van der Waals surface area contributed by atoms with Gasteiger partial charge in [-0.05, 0) is 36.5 Å². The summed E-state index contributed by atoms with van der Waals surface area (Å²) in [5.74, 6) is 0.264. The van der Waals surface area contributed by atoms with E-state index in [9.17, 15) is 9.59 Å². The van der Waals surface area contributed by atoms with Crippen molar-refractivity contribution < 1.29 is 4.79 Å². The molecule has 1 amide bonds. The maximum Gasteiger partial charge on any atom is 0.288 e. The fraction of sp³-hybridized carbons (Fsp3) is 0.368. The number of anilines is 1. The maximum absolute atomic E-state index is 12.8. The summed E-state index contributed by atoms with van der Waals surface area (Å²) < 4.78 is 2.18. The second-order valence-corrected chi connectivity index (χ2v) is 8.89. The van der Waals surface area contributed by atoms with Crippen molar-refractivity contribution in [2.24, 2.45) is 5.92 Å². The van der Waals surface area contributed by atoms with E-state index in [-0.39, 0.29) is 5.56 Å². The largest absolute Gasteiger partial charge is 0.348 e. The summed E-state index contributed by atoms with van der Waals surface area (Å²) in [6, 6.07) is 7.64. The number of rotatable bonds is 4. The third-order valence-corrected chi connectivity index (χ3v) is 6.39. The van der Waals surface area contributed by atoms with Crippen LogP contribution in [0.1, 0.15) is 35.7 Å². The fourth-order valence-electron chi connectivity index (χ4n) is 3.18. The maximum atomic E-state index is 12.8. The average Bonchev–Trinajstić information content (AvgIpc) is 3.12. The molecule has 3 aromatic rings. The summed E-state index contributed by atoms with van der Waals surface area (Å²) in [6.45, 7) is 4.43. The number of nitrogens with zero attached hydrogens (tertiary/aromatic N) is 4. The molecular weight excluding hydrogens is 442 g/mol. The second kappa shape index (κ2) is 8.00. The van der Waals surface area contributed by atoms with Gasteiger partial charge in [-0.15, -0.1) is 5.10 Å². The highest BCUT2D eigenvalue weighted by Gasteiger charge is 2.21. The summed E-state index contributed by atoms with van der Waals surface area (Å²) in [5.41, 5.74) is 0.494. The Hall–Kier alpha value is -2.26. The van der Waals surface area contributed by atoms with Crippen molar-refractivity contribution in [3.63, 3.8) is 0 Å². The molecule has 1 saturated heterocycles. The molecular formula is C19H20BrN5O2S. The summed E-state index contributed by atoms with van der Waals surface area (Å²) in [4.78, 5) is 32.2. The van der Waals surface area contributed by atoms with Crippen molar-refractivity contribution in [3.05, 3.63) is 56.4 Å². The van der Waals surface area contributed by atoms with Crippen LogP contribution in [-0.2, 0) is 6.54 Å². The lowest BCUT2D eigenvalue weighted by molar-refractivity contribution is 0.0948. The van der Waals surface area contributed by atoms with Gasteiger partial charge in [0.2, 0.25) is 10.1 Å². The summed E-state index contributed by atoms with van der Waals surface area (Å²) >= 11 is 4.79. The van der Waals surface area contributed by atoms with E-state index >= 15 is 0 Å². The molecule has 4 rings (SSSR count). The van der Waals surface area contributed by atoms with E-state index in [0.29, 0.717) is 17.4 Å². The van der Waals surface area contributed by atoms with E-state index in [4.69, 9.17) is 0 Å². The van der Waals surface area contributed by atoms with Gasteiger partial charge in [0.15, 0.2) is 0 Å². The van der Waals surface area contributed by atoms with Gasteiger partial charge in [-0.2, -0.15) is 4.52 Å². The molecule has 9 heteroatoms. The first-order valence-electron chi connectivity index (χ1n) is 9.18. The van der Waals surface area contributed by atoms with Crippen LogP contribution in [0.3, 0.4) is 0 Å². The highest BCUT2D eigenvalue weighted by atomic mass is 79.9. The van der Waals surface area contributed by atoms with Crippen molar-refractivity contribution in [1.29, 1.82) is 0 Å². The molecule has 146 valence electrons. The number of benzene rings is 1. The molecule has 0 saturated carbocycles. The highest BCUT2D eigenvalue weighted by molar-refractivity contribution is 9.10. The number of hydrogen-bond donors (Lipinski definition) is 1. The first-order valence-corrected chi connectivity index (χ1v) is 10.8. The molecule has 0 radical (unpaired) electrons. The van der Waals surface area contributed by atoms with Gasteiger partial charge in [0.25, 0.3) is 11.5 Å². The van der Waals surface area contributed by atoms with Crippen LogP contribution >= 0.6 is 27.3 Å². The second-order valence-electron chi connectivity index (χ2n) is 7.04. The van der Waals surface area contributed by atoms with Crippen LogP contribution < -0.4 is 15.8 Å². The molecule has 28 heavy (non-hydrogen) atoms. The zero-order valence-corrected chi connectivity index (χ0v) is 17.8. The highest BCUT2D eigenvalue weighted by Crippen LogP contribution is 2.26. The molecule has 1 aromatic carbocycles. The molecule has 1 N–H and O–H groups in total. The van der Waals surface area contributed by atoms with Gasteiger partial charge in [-0.3, -0.25) is 9.59 Å². The minimum absolute atomic E-state index is 0.00314. The lowest BCUT2D eigenvalue weighted by Gasteiger charge is -2.29. The predicted octanol–water partition coefficient (Wildman–Crippen LogP) is 3.08. The Morgan fingerprint density at radius 3 is 2.89 bits per heavy atom. The first-order chi connectivity index (χ1) is 13.5. The summed E-state index contributed by atoms with van der Waals surface area (Å²) in [7, 11) is 0. The molecule has 0 bridgehead atoms. The van der Waals surface area contributed by atoms with Gasteiger partial charge in [-0.1, -0.05) is 46.3 Å². The Kier molecular flexibility index (Phi) is 5.45. The lowest BCUT2D eigenvalue weighted by Crippen LogP contribution is -2.33. The van der Waals surface area contributed by atoms with Gasteiger partial charge >= 0.3 is 0 Å². The third-order valence-electron chi connectivity index (χ3n) is 4.92. The normalized spacial score (nSPS) is 15.1. The number of hydrogen-bond acceptors (Lipinski definition) is 6. The molecule has 3 heterocycles. The quantitative estimate of drug-likeness (QED) is 0.645. The zero-order valence-electron chi connectivity index (χ0n) is 15.4. The number of nitrogens with one attached hydrogen (secondary N) is 1. The van der Waals surface area contributed by atoms with Gasteiger partial charge < -0.3 is 10.2 Å². The third kappa shape index (κ3) is 3.95. The molecule has 0 atom stereocenters. The Bertz CT molecular complexity index is 1070. The lowest BCUT2D eigenvalue weighted by atomic mass is 10.00. The Balaban J connectivity index is 1.53. The van der Waals surface area contributed by atoms with E-state index in [0.717, 1.165) is 41.1 Å². The van der Waals surface area contributed by atoms with Crippen molar-refractivity contribution in [1.82, 2.24) is 19.9 Å². The molecule has 0 unspecified atom stereocenters. The Morgan fingerprint density at radius 2 is 2.14 bits per heavy atom. The first kappa shape index (κ1) is 19.1. The Labute approximate surface area is 174 Å². The minimum atomic E-state index is -0.451. The summed E-state index contributed by atoms with van der Waals surface area (Å²) in [6.07, 6.45) is 3.57. The number of carbonyl (C=O) groups excluding carboxylic acids is 1. The Morgan fingerprint density at radius 1 is 1.36 bits per heavy atom. The van der Waals surface area contributed by atoms with Crippen LogP contribution in [0, 0.1) is 5.92 Å². The van der Waals surface area contributed by atoms with E-state index in [1.54, 1.807) is 0 Å². The topological polar surface area (TPSA) is 79.6 Å². The molecule has 1 aliphatic rings. The number of fused-ring (bicyclic) bond motifs is 1. The number of aromatic nitrogens is 3. The standard InChI is InChI=1S/C19H20BrN5O2S/c1-12-5-7-24(8-6-12)19-23-25-17(27)15(11-22-18(25)28-19)16(26)21-10-13-3-2-4-14(20)9-13/h2-4,9,11-12H,5-8,10H2,1H3,(H,21,26). The zero-order chi connectivity index (χ0) is 19.7. The van der Waals surface area contributed by atoms with Crippen LogP contribution in [0.5, 0.6) is 0 Å². The van der Waals surface area contributed by atoms with Crippen LogP contribution in [0.4, 0.5) is 5.13 Å². The predicted molar refractivity (Wildman–Crippen MR) is 113 cm³/mol. The van der Waals surface area contributed by atoms with E-state index < -0.39 is 11.5 Å². The van der Waals surface area contributed by atoms with Crippen LogP contribution in [0.25, 0.3) is 4.96 Å². The van der Waals surface area contributed by atoms with Crippen molar-refractivity contribution >= 4 is 43.3 Å². The van der Waals surface area contributed by atoms with E-state index in [1.807, 2.05) is 24.3 Å². The van der Waals surface area contributed by atoms with Gasteiger partial charge in [-0.25, -0.2) is 4.98 Å². The monoisotopic (exact) mass is 461 g/mol. The molecule has 1 fully saturated rings. The van der Waals surface area contributed by atoms with Crippen LogP contribution in [0.2, 0.25) is 0 Å². The number of carbonyl (C=O) groups is 1. The molecule has 0 spiro atoms. The number of amides is 1. The van der Waals surface area contributed by atoms with Gasteiger partial charge in [0.05, 0.1) is 0 Å². The van der Waals surface area contributed by atoms with Crippen LogP contribution in [0.15, 0.2) is 39.7 Å². The van der Waals surface area contributed by atoms with E-state index in [2.05, 4.69) is 43.2 Å². The molecule has 0 aliphatic carbocycles. The van der Waals surface area contributed by atoms with Crippen molar-refractivity contribution in [2.75, 3.05) is 18.0 Å². The smallest absolute Gasteiger partial charge is 0.288 e. The fourth-order valence-corrected chi connectivity index (χ4v) is 4.54. The summed E-state index contributed by atoms with van der Waals surface area (Å²) in [5, 5.41) is 7.99. The number of halogens is 1.